The Balaban J connectivity index is 1.92. The predicted octanol–water partition coefficient (Wildman–Crippen LogP) is 3.59. The van der Waals surface area contributed by atoms with Crippen LogP contribution >= 0.6 is 0 Å². The molecule has 0 saturated heterocycles. The minimum absolute atomic E-state index is 0.149. The molecular formula is C17H20N4O. The molecule has 0 radical (unpaired) electrons. The number of hydrogen-bond donors (Lipinski definition) is 2. The third-order valence-electron chi connectivity index (χ3n) is 4.04. The SMILES string of the molecule is Cc1c(NC(=O)c2cc3ccccc3n2C)n[nH]c1C(C)C. The number of hydrogen-bond acceptors (Lipinski definition) is 2. The summed E-state index contributed by atoms with van der Waals surface area (Å²) in [5, 5.41) is 11.2. The number of aromatic amines is 1. The Morgan fingerprint density at radius 1 is 1.32 bits per heavy atom. The molecule has 1 aromatic carbocycles. The fraction of sp³-hybridized carbons (Fsp3) is 0.294. The summed E-state index contributed by atoms with van der Waals surface area (Å²) in [6, 6.07) is 9.84. The largest absolute Gasteiger partial charge is 0.340 e. The van der Waals surface area contributed by atoms with Crippen molar-refractivity contribution in [3.63, 3.8) is 0 Å². The highest BCUT2D eigenvalue weighted by molar-refractivity contribution is 6.06. The molecule has 0 aliphatic heterocycles. The van der Waals surface area contributed by atoms with E-state index in [9.17, 15) is 4.79 Å². The molecule has 5 nitrogen and oxygen atoms in total. The number of carbonyl (C=O) groups excluding carboxylic acids is 1. The van der Waals surface area contributed by atoms with E-state index in [2.05, 4.69) is 29.4 Å². The first-order chi connectivity index (χ1) is 10.5. The Hall–Kier alpha value is -2.56. The highest BCUT2D eigenvalue weighted by Crippen LogP contribution is 2.23. The van der Waals surface area contributed by atoms with Gasteiger partial charge in [-0.25, -0.2) is 0 Å². The standard InChI is InChI=1S/C17H20N4O/c1-10(2)15-11(3)16(20-19-15)18-17(22)14-9-12-7-5-6-8-13(12)21(14)4/h5-10H,1-4H3,(H2,18,19,20,22). The highest BCUT2D eigenvalue weighted by Gasteiger charge is 2.17. The first-order valence-corrected chi connectivity index (χ1v) is 7.39. The highest BCUT2D eigenvalue weighted by atomic mass is 16.2. The average Bonchev–Trinajstić information content (AvgIpc) is 3.01. The van der Waals surface area contributed by atoms with Crippen molar-refractivity contribution in [1.29, 1.82) is 0 Å². The van der Waals surface area contributed by atoms with Gasteiger partial charge in [-0.2, -0.15) is 5.10 Å². The smallest absolute Gasteiger partial charge is 0.273 e. The molecule has 22 heavy (non-hydrogen) atoms. The van der Waals surface area contributed by atoms with Gasteiger partial charge < -0.3 is 9.88 Å². The molecule has 0 spiro atoms. The first-order valence-electron chi connectivity index (χ1n) is 7.39. The van der Waals surface area contributed by atoms with Gasteiger partial charge in [0.1, 0.15) is 5.69 Å². The van der Waals surface area contributed by atoms with E-state index in [0.717, 1.165) is 22.2 Å². The molecule has 3 rings (SSSR count). The number of nitrogens with one attached hydrogen (secondary N) is 2. The van der Waals surface area contributed by atoms with Crippen LogP contribution in [-0.2, 0) is 7.05 Å². The molecule has 0 aliphatic carbocycles. The van der Waals surface area contributed by atoms with E-state index >= 15 is 0 Å². The first kappa shape index (κ1) is 14.4. The molecule has 0 aliphatic rings. The van der Waals surface area contributed by atoms with Crippen LogP contribution in [0.25, 0.3) is 10.9 Å². The number of H-pyrrole nitrogens is 1. The van der Waals surface area contributed by atoms with Gasteiger partial charge in [-0.15, -0.1) is 0 Å². The van der Waals surface area contributed by atoms with E-state index in [1.54, 1.807) is 0 Å². The van der Waals surface area contributed by atoms with Crippen molar-refractivity contribution in [2.75, 3.05) is 5.32 Å². The van der Waals surface area contributed by atoms with E-state index < -0.39 is 0 Å². The maximum absolute atomic E-state index is 12.6. The van der Waals surface area contributed by atoms with Crippen molar-refractivity contribution in [3.05, 3.63) is 47.3 Å². The summed E-state index contributed by atoms with van der Waals surface area (Å²) in [7, 11) is 1.90. The number of rotatable bonds is 3. The van der Waals surface area contributed by atoms with Crippen LogP contribution in [0, 0.1) is 6.92 Å². The number of nitrogens with zero attached hydrogens (tertiary/aromatic N) is 2. The lowest BCUT2D eigenvalue weighted by Crippen LogP contribution is -2.16. The third-order valence-corrected chi connectivity index (χ3v) is 4.04. The minimum Gasteiger partial charge on any atom is -0.340 e. The zero-order valence-corrected chi connectivity index (χ0v) is 13.3. The van der Waals surface area contributed by atoms with Crippen LogP contribution in [0.5, 0.6) is 0 Å². The van der Waals surface area contributed by atoms with Gasteiger partial charge in [-0.3, -0.25) is 9.89 Å². The van der Waals surface area contributed by atoms with Gasteiger partial charge in [0.2, 0.25) is 0 Å². The quantitative estimate of drug-likeness (QED) is 0.776. The van der Waals surface area contributed by atoms with Crippen molar-refractivity contribution >= 4 is 22.6 Å². The van der Waals surface area contributed by atoms with Crippen molar-refractivity contribution in [2.24, 2.45) is 7.05 Å². The molecule has 2 heterocycles. The Bertz CT molecular complexity index is 842. The molecule has 5 heteroatoms. The van der Waals surface area contributed by atoms with Crippen LogP contribution < -0.4 is 5.32 Å². The lowest BCUT2D eigenvalue weighted by atomic mass is 10.1. The summed E-state index contributed by atoms with van der Waals surface area (Å²) in [6.07, 6.45) is 0. The molecular weight excluding hydrogens is 276 g/mol. The maximum Gasteiger partial charge on any atom is 0.273 e. The Morgan fingerprint density at radius 3 is 2.68 bits per heavy atom. The van der Waals surface area contributed by atoms with Crippen molar-refractivity contribution in [2.45, 2.75) is 26.7 Å². The van der Waals surface area contributed by atoms with E-state index in [1.807, 2.05) is 48.9 Å². The van der Waals surface area contributed by atoms with Crippen LogP contribution in [0.1, 0.15) is 41.5 Å². The third kappa shape index (κ3) is 2.28. The summed E-state index contributed by atoms with van der Waals surface area (Å²) >= 11 is 0. The number of para-hydroxylation sites is 1. The predicted molar refractivity (Wildman–Crippen MR) is 88.3 cm³/mol. The second kappa shape index (κ2) is 5.33. The fourth-order valence-electron chi connectivity index (χ4n) is 2.77. The van der Waals surface area contributed by atoms with Crippen molar-refractivity contribution in [1.82, 2.24) is 14.8 Å². The van der Waals surface area contributed by atoms with Crippen LogP contribution in [0.15, 0.2) is 30.3 Å². The molecule has 114 valence electrons. The molecule has 3 aromatic rings. The number of aromatic nitrogens is 3. The lowest BCUT2D eigenvalue weighted by Gasteiger charge is -2.06. The fourth-order valence-corrected chi connectivity index (χ4v) is 2.77. The molecule has 0 unspecified atom stereocenters. The second-order valence-electron chi connectivity index (χ2n) is 5.87. The summed E-state index contributed by atoms with van der Waals surface area (Å²) in [4.78, 5) is 12.6. The number of anilines is 1. The second-order valence-corrected chi connectivity index (χ2v) is 5.87. The molecule has 0 fully saturated rings. The normalized spacial score (nSPS) is 11.3. The zero-order valence-electron chi connectivity index (χ0n) is 13.3. The van der Waals surface area contributed by atoms with Gasteiger partial charge in [0.05, 0.1) is 0 Å². The van der Waals surface area contributed by atoms with E-state index in [1.165, 1.54) is 0 Å². The van der Waals surface area contributed by atoms with Gasteiger partial charge in [0.15, 0.2) is 5.82 Å². The molecule has 0 saturated carbocycles. The monoisotopic (exact) mass is 296 g/mol. The van der Waals surface area contributed by atoms with Crippen LogP contribution in [0.2, 0.25) is 0 Å². The van der Waals surface area contributed by atoms with Gasteiger partial charge in [-0.05, 0) is 25.0 Å². The molecule has 2 aromatic heterocycles. The van der Waals surface area contributed by atoms with Gasteiger partial charge >= 0.3 is 0 Å². The Labute approximate surface area is 129 Å². The Kier molecular flexibility index (Phi) is 3.48. The summed E-state index contributed by atoms with van der Waals surface area (Å²) in [6.45, 7) is 6.15. The number of carbonyl (C=O) groups is 1. The Morgan fingerprint density at radius 2 is 2.05 bits per heavy atom. The molecule has 1 amide bonds. The van der Waals surface area contributed by atoms with Gasteiger partial charge in [-0.1, -0.05) is 32.0 Å². The van der Waals surface area contributed by atoms with Crippen LogP contribution in [0.3, 0.4) is 0 Å². The summed E-state index contributed by atoms with van der Waals surface area (Å²) in [5.41, 5.74) is 3.69. The summed E-state index contributed by atoms with van der Waals surface area (Å²) in [5.74, 6) is 0.790. The number of amides is 1. The van der Waals surface area contributed by atoms with Gasteiger partial charge in [0.25, 0.3) is 5.91 Å². The maximum atomic E-state index is 12.6. The minimum atomic E-state index is -0.149. The summed E-state index contributed by atoms with van der Waals surface area (Å²) < 4.78 is 1.90. The van der Waals surface area contributed by atoms with E-state index in [-0.39, 0.29) is 5.91 Å². The molecule has 0 bridgehead atoms. The van der Waals surface area contributed by atoms with Crippen molar-refractivity contribution in [3.8, 4) is 0 Å². The number of aryl methyl sites for hydroxylation is 1. The molecule has 0 atom stereocenters. The molecule has 2 N–H and O–H groups in total. The van der Waals surface area contributed by atoms with Crippen molar-refractivity contribution < 1.29 is 4.79 Å². The average molecular weight is 296 g/mol. The van der Waals surface area contributed by atoms with E-state index in [4.69, 9.17) is 0 Å². The van der Waals surface area contributed by atoms with Gasteiger partial charge in [0, 0.05) is 29.2 Å². The topological polar surface area (TPSA) is 62.7 Å². The lowest BCUT2D eigenvalue weighted by molar-refractivity contribution is 0.101. The van der Waals surface area contributed by atoms with Crippen LogP contribution in [0.4, 0.5) is 5.82 Å². The zero-order chi connectivity index (χ0) is 15.9. The van der Waals surface area contributed by atoms with Crippen LogP contribution in [-0.4, -0.2) is 20.7 Å². The number of fused-ring (bicyclic) bond motifs is 1. The number of benzene rings is 1. The van der Waals surface area contributed by atoms with E-state index in [0.29, 0.717) is 17.4 Å².